The molecule has 0 radical (unpaired) electrons. The minimum atomic E-state index is 0.213. The first-order chi connectivity index (χ1) is 56.3. The van der Waals surface area contributed by atoms with E-state index >= 15 is 0 Å². The van der Waals surface area contributed by atoms with Crippen molar-refractivity contribution in [1.82, 2.24) is 127 Å². The second-order valence-corrected chi connectivity index (χ2v) is 28.9. The smallest absolute Gasteiger partial charge is 0.180 e. The van der Waals surface area contributed by atoms with Gasteiger partial charge in [0.05, 0.1) is 84.2 Å². The van der Waals surface area contributed by atoms with E-state index in [4.69, 9.17) is 10.5 Å². The van der Waals surface area contributed by atoms with Crippen molar-refractivity contribution >= 4 is 86.1 Å². The Labute approximate surface area is 662 Å². The number of hydrogen-bond donors (Lipinski definition) is 6. The SMILES string of the molecule is CN1CCN(c2cc(Nc3nccn4c(-c5cnn(C)c5)cnc34)ccn2)CC1.CN1CCN(c2ccc(Nc3nccn4c(-c5cnn(C)c5)cnc34)cn2)CC1.Cn1cc(-c2cnc3c(Nc4cccc(OC5CCNCC5)c4)nccn23)cn1.Cn1cc(-c2cnc3c(Nc4ccnc(N5CC[C@@H](N)C5)c4)nccn23)cn1. The van der Waals surface area contributed by atoms with Crippen molar-refractivity contribution in [2.45, 2.75) is 31.4 Å². The van der Waals surface area contributed by atoms with Crippen LogP contribution in [-0.4, -0.2) is 226 Å². The van der Waals surface area contributed by atoms with Crippen LogP contribution in [0.3, 0.4) is 0 Å². The Morgan fingerprint density at radius 2 is 0.765 bits per heavy atom. The molecule has 7 N–H and O–H groups in total. The van der Waals surface area contributed by atoms with Crippen molar-refractivity contribution in [3.63, 3.8) is 0 Å². The molecule has 0 unspecified atom stereocenters. The number of nitrogens with zero attached hydrogens (tertiary/aromatic N) is 28. The third-order valence-corrected chi connectivity index (χ3v) is 20.6. The van der Waals surface area contributed by atoms with Gasteiger partial charge in [-0.05, 0) is 82.8 Å². The van der Waals surface area contributed by atoms with Crippen LogP contribution >= 0.6 is 0 Å². The number of fused-ring (bicyclic) bond motifs is 4. The van der Waals surface area contributed by atoms with E-state index in [1.54, 1.807) is 49.7 Å². The second-order valence-electron chi connectivity index (χ2n) is 28.9. The quantitative estimate of drug-likeness (QED) is 0.0495. The summed E-state index contributed by atoms with van der Waals surface area (Å²) < 4.78 is 21.3. The number of imidazole rings is 4. The highest BCUT2D eigenvalue weighted by atomic mass is 16.5. The van der Waals surface area contributed by atoms with Crippen LogP contribution in [0.25, 0.3) is 67.6 Å². The summed E-state index contributed by atoms with van der Waals surface area (Å²) in [5.74, 6) is 6.56. The van der Waals surface area contributed by atoms with Crippen molar-refractivity contribution in [1.29, 1.82) is 0 Å². The van der Waals surface area contributed by atoms with Gasteiger partial charge in [0, 0.05) is 244 Å². The molecule has 0 amide bonds. The summed E-state index contributed by atoms with van der Waals surface area (Å²) in [7, 11) is 11.9. The number of aromatic nitrogens is 23. The molecule has 115 heavy (non-hydrogen) atoms. The normalized spacial score (nSPS) is 15.5. The Balaban J connectivity index is 0.000000111. The van der Waals surface area contributed by atoms with E-state index in [1.807, 2.05) is 206 Å². The van der Waals surface area contributed by atoms with Crippen LogP contribution in [-0.2, 0) is 28.2 Å². The van der Waals surface area contributed by atoms with Gasteiger partial charge in [-0.25, -0.2) is 54.8 Å². The summed E-state index contributed by atoms with van der Waals surface area (Å²) >= 11 is 0. The van der Waals surface area contributed by atoms with Gasteiger partial charge < -0.3 is 61.6 Å². The highest BCUT2D eigenvalue weighted by Crippen LogP contribution is 2.33. The molecule has 35 nitrogen and oxygen atoms in total. The van der Waals surface area contributed by atoms with Gasteiger partial charge in [0.25, 0.3) is 0 Å². The molecule has 1 aromatic carbocycles. The highest BCUT2D eigenvalue weighted by molar-refractivity contribution is 5.79. The fourth-order valence-corrected chi connectivity index (χ4v) is 14.4. The van der Waals surface area contributed by atoms with E-state index in [0.29, 0.717) is 23.3 Å². The van der Waals surface area contributed by atoms with Crippen molar-refractivity contribution in [2.24, 2.45) is 33.9 Å². The lowest BCUT2D eigenvalue weighted by Gasteiger charge is -2.33. The zero-order chi connectivity index (χ0) is 78.3. The zero-order valence-corrected chi connectivity index (χ0v) is 64.8. The first kappa shape index (κ1) is 74.0. The molecule has 19 heterocycles. The monoisotopic (exact) mass is 1540 g/mol. The van der Waals surface area contributed by atoms with Gasteiger partial charge in [0.1, 0.15) is 29.3 Å². The lowest BCUT2D eigenvalue weighted by molar-refractivity contribution is 0.162. The van der Waals surface area contributed by atoms with E-state index in [1.165, 1.54) is 0 Å². The van der Waals surface area contributed by atoms with Gasteiger partial charge in [0.15, 0.2) is 45.9 Å². The maximum atomic E-state index is 6.15. The predicted molar refractivity (Wildman–Crippen MR) is 444 cm³/mol. The molecule has 0 saturated carbocycles. The molecule has 4 fully saturated rings. The summed E-state index contributed by atoms with van der Waals surface area (Å²) in [4.78, 5) is 61.5. The minimum Gasteiger partial charge on any atom is -0.490 e. The fourth-order valence-electron chi connectivity index (χ4n) is 14.4. The Morgan fingerprint density at radius 3 is 1.15 bits per heavy atom. The van der Waals surface area contributed by atoms with Crippen molar-refractivity contribution in [3.05, 3.63) is 203 Å². The number of nitrogens with one attached hydrogen (secondary N) is 5. The van der Waals surface area contributed by atoms with Crippen LogP contribution < -0.4 is 51.8 Å². The molecule has 35 heteroatoms. The molecule has 20 rings (SSSR count). The van der Waals surface area contributed by atoms with Crippen LogP contribution in [0.4, 0.5) is 63.5 Å². The maximum Gasteiger partial charge on any atom is 0.180 e. The molecule has 586 valence electrons. The fraction of sp³-hybridized carbons (Fsp3) is 0.287. The van der Waals surface area contributed by atoms with E-state index in [9.17, 15) is 0 Å². The maximum absolute atomic E-state index is 6.15. The molecule has 4 aliphatic heterocycles. The standard InChI is InChI=1S/C21H23N7O.2C20H23N9.C19H21N9/c1-27-14-15(12-25-27)19-13-24-21-20(23-9-10-28(19)21)26-16-3-2-4-18(11-16)29-17-5-7-22-8-6-17;1-26-7-9-28(10-8-26)18-11-16(3-4-21-18)25-19-20-23-13-17(29(20)6-5-22-19)15-12-24-27(2)14-15;1-26-7-9-28(10-8-26)18-4-3-16(12-22-18)25-19-20-23-13-17(29(20)6-5-21-19)15-11-24-27(2)14-15;1-26-11-13(9-24-26)16-10-23-19-18(22-5-7-28(16)19)25-15-2-4-21-17(8-15)27-6-3-14(20)12-27/h2-4,9-14,17,22H,5-8H2,1H3,(H,23,26);3-6,11-14H,7-10H2,1-2H3,(H,21,22,25);3-6,11-14H,7-10H2,1-2H3,(H,21,25);2,4-5,7-11,14H,3,6,12,20H2,1H3,(H,21,22,25)/t;;;14-/m...1/s1. The number of hydrogen-bond acceptors (Lipinski definition) is 27. The van der Waals surface area contributed by atoms with E-state index in [2.05, 4.69) is 153 Å². The van der Waals surface area contributed by atoms with Gasteiger partial charge in [0.2, 0.25) is 0 Å². The number of aryl methyl sites for hydroxylation is 4. The largest absolute Gasteiger partial charge is 0.490 e. The van der Waals surface area contributed by atoms with Crippen molar-refractivity contribution in [2.75, 3.05) is 129 Å². The summed E-state index contributed by atoms with van der Waals surface area (Å²) in [5.41, 5.74) is 20.7. The summed E-state index contributed by atoms with van der Waals surface area (Å²) in [6.45, 7) is 12.0. The lowest BCUT2D eigenvalue weighted by atomic mass is 10.1. The van der Waals surface area contributed by atoms with Crippen LogP contribution in [0, 0.1) is 0 Å². The van der Waals surface area contributed by atoms with Gasteiger partial charge >= 0.3 is 0 Å². The molecular formula is C80H90N34O. The summed E-state index contributed by atoms with van der Waals surface area (Å²) in [6, 6.07) is 20.3. The number of nitrogens with two attached hydrogens (primary N) is 1. The molecule has 15 aromatic heterocycles. The van der Waals surface area contributed by atoms with Gasteiger partial charge in [-0.2, -0.15) is 20.4 Å². The Kier molecular flexibility index (Phi) is 21.4. The molecule has 0 spiro atoms. The molecule has 4 aliphatic rings. The van der Waals surface area contributed by atoms with Gasteiger partial charge in [-0.15, -0.1) is 0 Å². The molecule has 4 saturated heterocycles. The lowest BCUT2D eigenvalue weighted by Crippen LogP contribution is -2.44. The van der Waals surface area contributed by atoms with Crippen molar-refractivity contribution in [3.8, 4) is 50.8 Å². The highest BCUT2D eigenvalue weighted by Gasteiger charge is 2.24. The number of anilines is 11. The van der Waals surface area contributed by atoms with E-state index < -0.39 is 0 Å². The Bertz CT molecular complexity index is 5960. The number of pyridine rings is 3. The number of benzene rings is 1. The molecular weight excluding hydrogens is 1450 g/mol. The van der Waals surface area contributed by atoms with Crippen LogP contribution in [0.15, 0.2) is 203 Å². The van der Waals surface area contributed by atoms with Crippen LogP contribution in [0.5, 0.6) is 5.75 Å². The first-order valence-electron chi connectivity index (χ1n) is 38.3. The van der Waals surface area contributed by atoms with Gasteiger partial charge in [-0.3, -0.25) is 36.3 Å². The average molecular weight is 1540 g/mol. The Morgan fingerprint density at radius 1 is 0.365 bits per heavy atom. The Hall–Kier alpha value is -13.8. The van der Waals surface area contributed by atoms with Crippen molar-refractivity contribution < 1.29 is 4.74 Å². The number of ether oxygens (including phenoxy) is 1. The molecule has 0 aliphatic carbocycles. The van der Waals surface area contributed by atoms with E-state index in [-0.39, 0.29) is 12.1 Å². The first-order valence-corrected chi connectivity index (χ1v) is 38.3. The van der Waals surface area contributed by atoms with Gasteiger partial charge in [-0.1, -0.05) is 6.07 Å². The topological polar surface area (TPSA) is 342 Å². The third kappa shape index (κ3) is 16.9. The zero-order valence-electron chi connectivity index (χ0n) is 64.8. The average Bonchev–Trinajstić information content (AvgIpc) is 1.67. The number of piperazine rings is 2. The molecule has 16 aromatic rings. The number of rotatable bonds is 17. The summed E-state index contributed by atoms with van der Waals surface area (Å²) in [5, 5.41) is 33.9. The van der Waals surface area contributed by atoms with E-state index in [0.717, 1.165) is 211 Å². The molecule has 0 bridgehead atoms. The summed E-state index contributed by atoms with van der Waals surface area (Å²) in [6.07, 6.45) is 46.1. The number of piperidine rings is 1. The van der Waals surface area contributed by atoms with Crippen LogP contribution in [0.1, 0.15) is 19.3 Å². The second kappa shape index (κ2) is 33.3. The minimum absolute atomic E-state index is 0.213. The number of likely N-dealkylation sites (N-methyl/N-ethyl adjacent to an activating group) is 2. The third-order valence-electron chi connectivity index (χ3n) is 20.6. The molecule has 1 atom stereocenters. The van der Waals surface area contributed by atoms with Crippen LogP contribution in [0.2, 0.25) is 0 Å². The predicted octanol–water partition coefficient (Wildman–Crippen LogP) is 8.85.